The molecule has 0 bridgehead atoms. The van der Waals surface area contributed by atoms with Gasteiger partial charge in [-0.2, -0.15) is 0 Å². The largest absolute Gasteiger partial charge is 0.379 e. The van der Waals surface area contributed by atoms with Crippen LogP contribution in [0.1, 0.15) is 27.7 Å². The predicted octanol–water partition coefficient (Wildman–Crippen LogP) is 1.53. The van der Waals surface area contributed by atoms with E-state index in [0.29, 0.717) is 12.1 Å². The van der Waals surface area contributed by atoms with E-state index in [9.17, 15) is 0 Å². The van der Waals surface area contributed by atoms with Crippen molar-refractivity contribution in [2.45, 2.75) is 39.8 Å². The summed E-state index contributed by atoms with van der Waals surface area (Å²) in [5.41, 5.74) is 0. The SMILES string of the molecule is CC(C)NC(C)C.O=NO. The highest BCUT2D eigenvalue weighted by Crippen LogP contribution is 1.80. The van der Waals surface area contributed by atoms with Gasteiger partial charge in [0.1, 0.15) is 0 Å². The second-order valence-corrected chi connectivity index (χ2v) is 2.56. The van der Waals surface area contributed by atoms with Crippen LogP contribution >= 0.6 is 0 Å². The van der Waals surface area contributed by atoms with E-state index in [-0.39, 0.29) is 0 Å². The summed E-state index contributed by atoms with van der Waals surface area (Å²) in [6.45, 7) is 8.61. The minimum absolute atomic E-state index is 0.625. The first-order valence-electron chi connectivity index (χ1n) is 3.27. The molecule has 0 radical (unpaired) electrons. The molecule has 0 fully saturated rings. The molecule has 0 amide bonds. The Hall–Kier alpha value is -0.640. The molecule has 0 spiro atoms. The molecule has 4 nitrogen and oxygen atoms in total. The zero-order valence-electron chi connectivity index (χ0n) is 6.96. The Kier molecular flexibility index (Phi) is 10.1. The molecule has 0 saturated carbocycles. The fourth-order valence-electron chi connectivity index (χ4n) is 0.667. The van der Waals surface area contributed by atoms with Crippen molar-refractivity contribution in [1.82, 2.24) is 5.32 Å². The van der Waals surface area contributed by atoms with E-state index in [1.165, 1.54) is 5.34 Å². The van der Waals surface area contributed by atoms with E-state index in [2.05, 4.69) is 33.0 Å². The summed E-state index contributed by atoms with van der Waals surface area (Å²) in [5, 5.41) is 11.2. The van der Waals surface area contributed by atoms with Crippen LogP contribution in [0.4, 0.5) is 0 Å². The molecule has 0 rings (SSSR count). The lowest BCUT2D eigenvalue weighted by atomic mass is 10.3. The van der Waals surface area contributed by atoms with Crippen molar-refractivity contribution >= 4 is 0 Å². The van der Waals surface area contributed by atoms with Crippen LogP contribution < -0.4 is 5.32 Å². The summed E-state index contributed by atoms with van der Waals surface area (Å²) in [5.74, 6) is 0. The van der Waals surface area contributed by atoms with Gasteiger partial charge < -0.3 is 10.5 Å². The van der Waals surface area contributed by atoms with Crippen LogP contribution in [0.5, 0.6) is 0 Å². The van der Waals surface area contributed by atoms with Gasteiger partial charge >= 0.3 is 0 Å². The van der Waals surface area contributed by atoms with Crippen molar-refractivity contribution in [3.8, 4) is 0 Å². The smallest absolute Gasteiger partial charge is 0.152 e. The Labute approximate surface area is 61.6 Å². The molecule has 0 unspecified atom stereocenters. The summed E-state index contributed by atoms with van der Waals surface area (Å²) in [6, 6.07) is 1.25. The number of rotatable bonds is 2. The van der Waals surface area contributed by atoms with Crippen LogP contribution in [-0.2, 0) is 0 Å². The summed E-state index contributed by atoms with van der Waals surface area (Å²) >= 11 is 0. The molecule has 0 aliphatic heterocycles. The molecule has 0 aromatic rings. The number of hydrogen-bond donors (Lipinski definition) is 2. The number of hydrogen-bond acceptors (Lipinski definition) is 3. The molecule has 0 atom stereocenters. The fraction of sp³-hybridized carbons (Fsp3) is 1.00. The van der Waals surface area contributed by atoms with E-state index >= 15 is 0 Å². The third-order valence-corrected chi connectivity index (χ3v) is 0.667. The lowest BCUT2D eigenvalue weighted by Gasteiger charge is -2.10. The molecule has 0 aromatic heterocycles. The monoisotopic (exact) mass is 148 g/mol. The standard InChI is InChI=1S/C6H15N.HNO2/c1-5(2)7-6(3)4;2-1-3/h5-7H,1-4H3;(H,2,3). The van der Waals surface area contributed by atoms with Gasteiger partial charge in [-0.25, -0.2) is 0 Å². The summed E-state index contributed by atoms with van der Waals surface area (Å²) < 4.78 is 0. The Morgan fingerprint density at radius 1 is 1.20 bits per heavy atom. The minimum Gasteiger partial charge on any atom is -0.379 e. The topological polar surface area (TPSA) is 61.7 Å². The Balaban J connectivity index is 0. The van der Waals surface area contributed by atoms with Crippen molar-refractivity contribution in [1.29, 1.82) is 0 Å². The third kappa shape index (κ3) is 26.4. The van der Waals surface area contributed by atoms with Gasteiger partial charge in [-0.3, -0.25) is 0 Å². The summed E-state index contributed by atoms with van der Waals surface area (Å²) in [7, 11) is 0. The van der Waals surface area contributed by atoms with Gasteiger partial charge in [-0.05, 0) is 0 Å². The zero-order valence-corrected chi connectivity index (χ0v) is 6.96. The van der Waals surface area contributed by atoms with Crippen LogP contribution in [-0.4, -0.2) is 17.3 Å². The van der Waals surface area contributed by atoms with Gasteiger partial charge in [0, 0.05) is 12.1 Å². The maximum absolute atomic E-state index is 8.11. The Morgan fingerprint density at radius 2 is 1.40 bits per heavy atom. The van der Waals surface area contributed by atoms with Crippen molar-refractivity contribution < 1.29 is 5.21 Å². The maximum Gasteiger partial charge on any atom is 0.152 e. The highest BCUT2D eigenvalue weighted by Gasteiger charge is 1.92. The molecule has 0 aromatic carbocycles. The van der Waals surface area contributed by atoms with Crippen LogP contribution in [0.25, 0.3) is 0 Å². The van der Waals surface area contributed by atoms with E-state index in [4.69, 9.17) is 10.1 Å². The highest BCUT2D eigenvalue weighted by atomic mass is 16.6. The normalized spacial score (nSPS) is 9.00. The molecule has 0 heterocycles. The van der Waals surface area contributed by atoms with E-state index in [1.54, 1.807) is 0 Å². The maximum atomic E-state index is 8.11. The van der Waals surface area contributed by atoms with E-state index in [1.807, 2.05) is 0 Å². The first-order chi connectivity index (χ1) is 4.54. The third-order valence-electron chi connectivity index (χ3n) is 0.667. The number of nitrogens with zero attached hydrogens (tertiary/aromatic N) is 1. The average Bonchev–Trinajstić information content (AvgIpc) is 1.62. The van der Waals surface area contributed by atoms with Crippen LogP contribution in [0.15, 0.2) is 5.34 Å². The molecule has 0 saturated heterocycles. The molecule has 10 heavy (non-hydrogen) atoms. The van der Waals surface area contributed by atoms with Gasteiger partial charge in [-0.1, -0.05) is 27.7 Å². The first-order valence-corrected chi connectivity index (χ1v) is 3.27. The van der Waals surface area contributed by atoms with Crippen LogP contribution in [0, 0.1) is 4.91 Å². The predicted molar refractivity (Wildman–Crippen MR) is 41.0 cm³/mol. The molecule has 62 valence electrons. The first kappa shape index (κ1) is 12.1. The van der Waals surface area contributed by atoms with Crippen molar-refractivity contribution in [3.63, 3.8) is 0 Å². The number of nitrogens with one attached hydrogen (secondary N) is 1. The average molecular weight is 148 g/mol. The van der Waals surface area contributed by atoms with Gasteiger partial charge in [0.25, 0.3) is 0 Å². The second-order valence-electron chi connectivity index (χ2n) is 2.56. The summed E-state index contributed by atoms with van der Waals surface area (Å²) in [6.07, 6.45) is 0. The molecular formula is C6H16N2O2. The molecule has 0 aliphatic carbocycles. The Morgan fingerprint density at radius 3 is 1.40 bits per heavy atom. The van der Waals surface area contributed by atoms with Gasteiger partial charge in [0.15, 0.2) is 5.34 Å². The van der Waals surface area contributed by atoms with Gasteiger partial charge in [0.05, 0.1) is 0 Å². The van der Waals surface area contributed by atoms with E-state index in [0.717, 1.165) is 0 Å². The fourth-order valence-corrected chi connectivity index (χ4v) is 0.667. The van der Waals surface area contributed by atoms with Crippen molar-refractivity contribution in [3.05, 3.63) is 4.91 Å². The van der Waals surface area contributed by atoms with Crippen LogP contribution in [0.3, 0.4) is 0 Å². The second kappa shape index (κ2) is 8.36. The summed E-state index contributed by atoms with van der Waals surface area (Å²) in [4.78, 5) is 8.11. The van der Waals surface area contributed by atoms with Gasteiger partial charge in [-0.15, -0.1) is 4.91 Å². The molecule has 2 N–H and O–H groups in total. The lowest BCUT2D eigenvalue weighted by Crippen LogP contribution is -2.29. The molecular weight excluding hydrogens is 132 g/mol. The van der Waals surface area contributed by atoms with Gasteiger partial charge in [0.2, 0.25) is 0 Å². The van der Waals surface area contributed by atoms with E-state index < -0.39 is 0 Å². The minimum atomic E-state index is 0.625. The zero-order chi connectivity index (χ0) is 8.57. The molecule has 0 aliphatic rings. The van der Waals surface area contributed by atoms with Crippen molar-refractivity contribution in [2.24, 2.45) is 5.34 Å². The lowest BCUT2D eigenvalue weighted by molar-refractivity contribution is 0.312. The van der Waals surface area contributed by atoms with Crippen LogP contribution in [0.2, 0.25) is 0 Å². The highest BCUT2D eigenvalue weighted by molar-refractivity contribution is 4.55. The Bertz CT molecular complexity index is 68.1. The molecule has 4 heteroatoms. The van der Waals surface area contributed by atoms with Crippen molar-refractivity contribution in [2.75, 3.05) is 0 Å². The quantitative estimate of drug-likeness (QED) is 0.461.